The molecule has 1 atom stereocenters. The average Bonchev–Trinajstić information content (AvgIpc) is 3.14. The second kappa shape index (κ2) is 8.94. The van der Waals surface area contributed by atoms with Crippen LogP contribution < -0.4 is 0 Å². The van der Waals surface area contributed by atoms with Crippen LogP contribution in [0, 0.1) is 0 Å². The van der Waals surface area contributed by atoms with Crippen molar-refractivity contribution in [1.82, 2.24) is 9.88 Å². The highest BCUT2D eigenvalue weighted by molar-refractivity contribution is 7.09. The fourth-order valence-electron chi connectivity index (χ4n) is 3.03. The van der Waals surface area contributed by atoms with Crippen molar-refractivity contribution in [1.29, 1.82) is 0 Å². The quantitative estimate of drug-likeness (QED) is 0.769. The zero-order valence-electron chi connectivity index (χ0n) is 13.9. The van der Waals surface area contributed by atoms with Gasteiger partial charge in [-0.2, -0.15) is 0 Å². The van der Waals surface area contributed by atoms with E-state index in [1.165, 1.54) is 4.88 Å². The maximum atomic E-state index is 12.4. The molecule has 1 aliphatic rings. The Bertz CT molecular complexity index is 616. The van der Waals surface area contributed by atoms with E-state index in [4.69, 9.17) is 4.74 Å². The maximum absolute atomic E-state index is 12.4. The molecule has 0 N–H and O–H groups in total. The van der Waals surface area contributed by atoms with Gasteiger partial charge in [-0.1, -0.05) is 12.1 Å². The Hall–Kier alpha value is -1.72. The van der Waals surface area contributed by atoms with Gasteiger partial charge in [0.25, 0.3) is 0 Å². The first-order valence-electron chi connectivity index (χ1n) is 8.62. The van der Waals surface area contributed by atoms with Crippen molar-refractivity contribution in [2.24, 2.45) is 0 Å². The van der Waals surface area contributed by atoms with Gasteiger partial charge in [0.2, 0.25) is 5.91 Å². The fourth-order valence-corrected chi connectivity index (χ4v) is 3.78. The van der Waals surface area contributed by atoms with Crippen LogP contribution in [-0.4, -0.2) is 35.0 Å². The minimum atomic E-state index is 0.139. The molecule has 0 radical (unpaired) electrons. The molecule has 2 aromatic rings. The molecule has 1 aliphatic heterocycles. The van der Waals surface area contributed by atoms with E-state index in [2.05, 4.69) is 22.5 Å². The largest absolute Gasteiger partial charge is 0.372 e. The molecule has 1 amide bonds. The summed E-state index contributed by atoms with van der Waals surface area (Å²) in [5, 5.41) is 2.09. The number of carbonyl (C=O) groups is 1. The number of piperidine rings is 1. The maximum Gasteiger partial charge on any atom is 0.222 e. The number of hydrogen-bond acceptors (Lipinski definition) is 4. The first kappa shape index (κ1) is 17.1. The fraction of sp³-hybridized carbons (Fsp3) is 0.474. The highest BCUT2D eigenvalue weighted by atomic mass is 32.1. The van der Waals surface area contributed by atoms with Crippen LogP contribution in [0.2, 0.25) is 0 Å². The molecule has 0 aromatic carbocycles. The lowest BCUT2D eigenvalue weighted by Crippen LogP contribution is -2.43. The molecule has 5 heteroatoms. The summed E-state index contributed by atoms with van der Waals surface area (Å²) >= 11 is 1.77. The number of ether oxygens (including phenoxy) is 1. The van der Waals surface area contributed by atoms with Crippen LogP contribution in [0.5, 0.6) is 0 Å². The number of hydrogen-bond donors (Lipinski definition) is 0. The van der Waals surface area contributed by atoms with Gasteiger partial charge < -0.3 is 9.64 Å². The summed E-state index contributed by atoms with van der Waals surface area (Å²) in [7, 11) is 0. The summed E-state index contributed by atoms with van der Waals surface area (Å²) in [5.41, 5.74) is 1.08. The van der Waals surface area contributed by atoms with Gasteiger partial charge in [0.15, 0.2) is 0 Å². The predicted octanol–water partition coefficient (Wildman–Crippen LogP) is 3.67. The summed E-state index contributed by atoms with van der Waals surface area (Å²) in [5.74, 6) is 0.265. The molecule has 0 saturated carbocycles. The Balaban J connectivity index is 1.40. The van der Waals surface area contributed by atoms with E-state index in [1.54, 1.807) is 17.5 Å². The van der Waals surface area contributed by atoms with Crippen LogP contribution in [-0.2, 0) is 22.6 Å². The molecule has 2 aromatic heterocycles. The number of amides is 1. The number of carbonyl (C=O) groups excluding carboxylic acids is 1. The Kier molecular flexibility index (Phi) is 6.38. The zero-order chi connectivity index (χ0) is 16.6. The van der Waals surface area contributed by atoms with Gasteiger partial charge in [-0.05, 0) is 48.8 Å². The molecule has 1 fully saturated rings. The minimum Gasteiger partial charge on any atom is -0.372 e. The second-order valence-electron chi connectivity index (χ2n) is 6.21. The van der Waals surface area contributed by atoms with Crippen LogP contribution in [0.25, 0.3) is 0 Å². The number of pyridine rings is 1. The minimum absolute atomic E-state index is 0.139. The van der Waals surface area contributed by atoms with E-state index in [1.807, 2.05) is 23.2 Å². The van der Waals surface area contributed by atoms with Gasteiger partial charge in [0.1, 0.15) is 0 Å². The van der Waals surface area contributed by atoms with Gasteiger partial charge >= 0.3 is 0 Å². The van der Waals surface area contributed by atoms with Crippen molar-refractivity contribution >= 4 is 17.2 Å². The number of nitrogens with zero attached hydrogens (tertiary/aromatic N) is 2. The molecule has 0 bridgehead atoms. The van der Waals surface area contributed by atoms with Crippen molar-refractivity contribution in [2.75, 3.05) is 13.1 Å². The topological polar surface area (TPSA) is 42.4 Å². The number of rotatable bonds is 7. The van der Waals surface area contributed by atoms with Crippen molar-refractivity contribution in [3.63, 3.8) is 0 Å². The smallest absolute Gasteiger partial charge is 0.222 e. The van der Waals surface area contributed by atoms with Gasteiger partial charge in [-0.25, -0.2) is 0 Å². The normalized spacial score (nSPS) is 17.8. The SMILES string of the molecule is O=C(CCCc1cccs1)N1CCC[C@@H](OCc2cccnc2)C1. The van der Waals surface area contributed by atoms with Crippen molar-refractivity contribution in [3.05, 3.63) is 52.5 Å². The molecule has 3 heterocycles. The summed E-state index contributed by atoms with van der Waals surface area (Å²) in [6.07, 6.45) is 8.34. The Labute approximate surface area is 147 Å². The molecular formula is C19H24N2O2S. The van der Waals surface area contributed by atoms with E-state index in [0.29, 0.717) is 13.0 Å². The molecule has 4 nitrogen and oxygen atoms in total. The highest BCUT2D eigenvalue weighted by Gasteiger charge is 2.23. The number of aromatic nitrogens is 1. The summed E-state index contributed by atoms with van der Waals surface area (Å²) in [6, 6.07) is 8.14. The van der Waals surface area contributed by atoms with E-state index < -0.39 is 0 Å². The van der Waals surface area contributed by atoms with Crippen LogP contribution >= 0.6 is 11.3 Å². The van der Waals surface area contributed by atoms with Crippen molar-refractivity contribution < 1.29 is 9.53 Å². The lowest BCUT2D eigenvalue weighted by Gasteiger charge is -2.32. The highest BCUT2D eigenvalue weighted by Crippen LogP contribution is 2.17. The lowest BCUT2D eigenvalue weighted by atomic mass is 10.1. The lowest BCUT2D eigenvalue weighted by molar-refractivity contribution is -0.135. The summed E-state index contributed by atoms with van der Waals surface area (Å²) in [6.45, 7) is 2.15. The standard InChI is InChI=1S/C19H24N2O2S/c22-19(9-1-7-18-8-4-12-24-18)21-11-3-6-17(14-21)23-15-16-5-2-10-20-13-16/h2,4-5,8,10,12-13,17H,1,3,6-7,9,11,14-15H2/t17-/m1/s1. The molecule has 1 saturated heterocycles. The summed E-state index contributed by atoms with van der Waals surface area (Å²) < 4.78 is 5.98. The molecule has 0 spiro atoms. The number of thiophene rings is 1. The molecule has 0 unspecified atom stereocenters. The average molecular weight is 344 g/mol. The molecule has 24 heavy (non-hydrogen) atoms. The molecule has 3 rings (SSSR count). The predicted molar refractivity (Wildman–Crippen MR) is 95.9 cm³/mol. The van der Waals surface area contributed by atoms with E-state index in [9.17, 15) is 4.79 Å². The third-order valence-electron chi connectivity index (χ3n) is 4.33. The van der Waals surface area contributed by atoms with E-state index >= 15 is 0 Å². The molecule has 0 aliphatic carbocycles. The molecule has 128 valence electrons. The van der Waals surface area contributed by atoms with Gasteiger partial charge in [0.05, 0.1) is 12.7 Å². The first-order chi connectivity index (χ1) is 11.8. The molecular weight excluding hydrogens is 320 g/mol. The van der Waals surface area contributed by atoms with Crippen LogP contribution in [0.4, 0.5) is 0 Å². The monoisotopic (exact) mass is 344 g/mol. The van der Waals surface area contributed by atoms with E-state index in [-0.39, 0.29) is 12.0 Å². The first-order valence-corrected chi connectivity index (χ1v) is 9.50. The third kappa shape index (κ3) is 5.14. The van der Waals surface area contributed by atoms with Crippen LogP contribution in [0.15, 0.2) is 42.0 Å². The van der Waals surface area contributed by atoms with Crippen LogP contribution in [0.3, 0.4) is 0 Å². The van der Waals surface area contributed by atoms with Crippen LogP contribution in [0.1, 0.15) is 36.1 Å². The third-order valence-corrected chi connectivity index (χ3v) is 5.27. The van der Waals surface area contributed by atoms with Crippen molar-refractivity contribution in [2.45, 2.75) is 44.8 Å². The Morgan fingerprint density at radius 1 is 1.38 bits per heavy atom. The van der Waals surface area contributed by atoms with Gasteiger partial charge in [-0.15, -0.1) is 11.3 Å². The summed E-state index contributed by atoms with van der Waals surface area (Å²) in [4.78, 5) is 19.9. The Morgan fingerprint density at radius 2 is 2.33 bits per heavy atom. The van der Waals surface area contributed by atoms with E-state index in [0.717, 1.165) is 44.3 Å². The number of likely N-dealkylation sites (tertiary alicyclic amines) is 1. The van der Waals surface area contributed by atoms with Gasteiger partial charge in [-0.3, -0.25) is 9.78 Å². The van der Waals surface area contributed by atoms with Gasteiger partial charge in [0, 0.05) is 36.8 Å². The Morgan fingerprint density at radius 3 is 3.12 bits per heavy atom. The van der Waals surface area contributed by atoms with Crippen molar-refractivity contribution in [3.8, 4) is 0 Å². The zero-order valence-corrected chi connectivity index (χ0v) is 14.7. The number of aryl methyl sites for hydroxylation is 1. The second-order valence-corrected chi connectivity index (χ2v) is 7.24.